The van der Waals surface area contributed by atoms with Crippen molar-refractivity contribution in [2.45, 2.75) is 36.1 Å². The smallest absolute Gasteiger partial charge is 0.283 e. The summed E-state index contributed by atoms with van der Waals surface area (Å²) in [6.07, 6.45) is -0.0862. The SMILES string of the molecule is CN(C)C(=O)SC12C[C@](C)(C#N)C(c3ccc4c(c3)OCO4)N1C(=O)[C@](C)(SC(=O)N(C)C)N(C)C2=O. The van der Waals surface area contributed by atoms with Crippen molar-refractivity contribution < 1.29 is 28.7 Å². The molecule has 11 nitrogen and oxygen atoms in total. The number of benzene rings is 1. The molecule has 1 aromatic carbocycles. The van der Waals surface area contributed by atoms with Crippen LogP contribution < -0.4 is 9.47 Å². The monoisotopic (exact) mass is 547 g/mol. The standard InChI is InChI=1S/C24H29N5O6S2/c1-22(12-25)11-24(37-21(33)27(5)6)19(31)28(7)23(2,36-20(32)26(3)4)18(30)29(24)17(22)14-8-9-15-16(10-14)35-13-34-15/h8-10,17H,11,13H2,1-7H3/t17?,22-,23+,24?/m1/s1. The molecule has 0 aromatic heterocycles. The van der Waals surface area contributed by atoms with Gasteiger partial charge < -0.3 is 29.1 Å². The topological polar surface area (TPSA) is 123 Å². The molecular formula is C24H29N5O6S2. The van der Waals surface area contributed by atoms with Crippen LogP contribution in [0.5, 0.6) is 11.5 Å². The van der Waals surface area contributed by atoms with E-state index in [1.165, 1.54) is 33.6 Å². The minimum Gasteiger partial charge on any atom is -0.454 e. The van der Waals surface area contributed by atoms with Crippen LogP contribution in [0, 0.1) is 16.7 Å². The first-order chi connectivity index (χ1) is 17.2. The molecule has 1 aromatic rings. The second-order valence-corrected chi connectivity index (χ2v) is 12.6. The normalized spacial score (nSPS) is 30.2. The Morgan fingerprint density at radius 1 is 1.03 bits per heavy atom. The molecule has 3 aliphatic rings. The summed E-state index contributed by atoms with van der Waals surface area (Å²) in [6, 6.07) is 6.54. The highest BCUT2D eigenvalue weighted by atomic mass is 32.2. The summed E-state index contributed by atoms with van der Waals surface area (Å²) in [6.45, 7) is 3.24. The van der Waals surface area contributed by atoms with E-state index in [0.717, 1.165) is 23.5 Å². The Kier molecular flexibility index (Phi) is 6.57. The molecule has 198 valence electrons. The predicted octanol–water partition coefficient (Wildman–Crippen LogP) is 2.93. The Labute approximate surface area is 224 Å². The van der Waals surface area contributed by atoms with Crippen molar-refractivity contribution in [2.24, 2.45) is 5.41 Å². The van der Waals surface area contributed by atoms with Crippen LogP contribution in [0.15, 0.2) is 18.2 Å². The number of thioether (sulfide) groups is 2. The fourth-order valence-corrected chi connectivity index (χ4v) is 7.18. The maximum atomic E-state index is 14.5. The van der Waals surface area contributed by atoms with E-state index in [0.29, 0.717) is 17.1 Å². The Bertz CT molecular complexity index is 1230. The summed E-state index contributed by atoms with van der Waals surface area (Å²) in [5, 5.41) is 9.55. The summed E-state index contributed by atoms with van der Waals surface area (Å²) in [5.41, 5.74) is -0.689. The first-order valence-corrected chi connectivity index (χ1v) is 13.1. The number of piperazine rings is 1. The summed E-state index contributed by atoms with van der Waals surface area (Å²) in [7, 11) is 7.67. The zero-order chi connectivity index (χ0) is 27.5. The average Bonchev–Trinajstić information content (AvgIpc) is 3.42. The minimum absolute atomic E-state index is 0.0450. The van der Waals surface area contributed by atoms with E-state index in [1.54, 1.807) is 53.3 Å². The lowest BCUT2D eigenvalue weighted by atomic mass is 9.79. The number of amides is 4. The second kappa shape index (κ2) is 9.02. The maximum absolute atomic E-state index is 14.5. The van der Waals surface area contributed by atoms with Gasteiger partial charge in [0, 0.05) is 41.7 Å². The molecule has 4 amide bonds. The van der Waals surface area contributed by atoms with Crippen molar-refractivity contribution in [1.29, 1.82) is 5.26 Å². The predicted molar refractivity (Wildman–Crippen MR) is 138 cm³/mol. The van der Waals surface area contributed by atoms with Crippen molar-refractivity contribution in [2.75, 3.05) is 42.0 Å². The molecule has 0 radical (unpaired) electrons. The third kappa shape index (κ3) is 3.97. The lowest BCUT2D eigenvalue weighted by Gasteiger charge is -2.52. The van der Waals surface area contributed by atoms with E-state index < -0.39 is 43.5 Å². The number of ether oxygens (including phenoxy) is 2. The van der Waals surface area contributed by atoms with Crippen LogP contribution >= 0.6 is 23.5 Å². The van der Waals surface area contributed by atoms with E-state index in [9.17, 15) is 24.4 Å². The largest absolute Gasteiger partial charge is 0.454 e. The van der Waals surface area contributed by atoms with Crippen LogP contribution in [0.3, 0.4) is 0 Å². The lowest BCUT2D eigenvalue weighted by Crippen LogP contribution is -2.71. The molecule has 0 bridgehead atoms. The average molecular weight is 548 g/mol. The second-order valence-electron chi connectivity index (χ2n) is 10.1. The Balaban J connectivity index is 1.94. The van der Waals surface area contributed by atoms with Gasteiger partial charge in [-0.3, -0.25) is 19.2 Å². The summed E-state index contributed by atoms with van der Waals surface area (Å²) in [5.74, 6) is -0.0872. The zero-order valence-corrected chi connectivity index (χ0v) is 23.4. The number of likely N-dealkylation sites (N-methyl/N-ethyl adjacent to an activating group) is 1. The van der Waals surface area contributed by atoms with Crippen molar-refractivity contribution in [3.63, 3.8) is 0 Å². The Morgan fingerprint density at radius 2 is 1.62 bits per heavy atom. The van der Waals surface area contributed by atoms with Gasteiger partial charge >= 0.3 is 0 Å². The van der Waals surface area contributed by atoms with Crippen molar-refractivity contribution in [1.82, 2.24) is 19.6 Å². The number of hydrogen-bond acceptors (Lipinski definition) is 9. The molecule has 37 heavy (non-hydrogen) atoms. The third-order valence-corrected chi connectivity index (χ3v) is 9.77. The van der Waals surface area contributed by atoms with Crippen molar-refractivity contribution >= 4 is 45.8 Å². The molecule has 4 rings (SSSR count). The van der Waals surface area contributed by atoms with Gasteiger partial charge in [0.25, 0.3) is 22.3 Å². The first kappa shape index (κ1) is 26.9. The highest BCUT2D eigenvalue weighted by Gasteiger charge is 2.72. The molecule has 0 N–H and O–H groups in total. The summed E-state index contributed by atoms with van der Waals surface area (Å²) < 4.78 is 11.0. The van der Waals surface area contributed by atoms with Gasteiger partial charge in [-0.2, -0.15) is 5.26 Å². The molecule has 0 spiro atoms. The van der Waals surface area contributed by atoms with Gasteiger partial charge in [-0.05, 0) is 55.1 Å². The number of rotatable bonds is 3. The van der Waals surface area contributed by atoms with E-state index in [4.69, 9.17) is 9.47 Å². The van der Waals surface area contributed by atoms with Crippen LogP contribution in [-0.4, -0.2) is 93.7 Å². The van der Waals surface area contributed by atoms with Gasteiger partial charge in [0.1, 0.15) is 0 Å². The van der Waals surface area contributed by atoms with Crippen LogP contribution in [0.2, 0.25) is 0 Å². The minimum atomic E-state index is -1.69. The number of nitrogens with zero attached hydrogens (tertiary/aromatic N) is 5. The van der Waals surface area contributed by atoms with Crippen LogP contribution in [0.1, 0.15) is 31.9 Å². The van der Waals surface area contributed by atoms with E-state index in [2.05, 4.69) is 6.07 Å². The van der Waals surface area contributed by atoms with Gasteiger partial charge in [0.15, 0.2) is 21.2 Å². The van der Waals surface area contributed by atoms with Crippen LogP contribution in [0.4, 0.5) is 9.59 Å². The zero-order valence-electron chi connectivity index (χ0n) is 21.7. The van der Waals surface area contributed by atoms with Gasteiger partial charge in [-0.25, -0.2) is 0 Å². The molecule has 2 fully saturated rings. The third-order valence-electron chi connectivity index (χ3n) is 6.99. The van der Waals surface area contributed by atoms with Gasteiger partial charge in [-0.1, -0.05) is 6.07 Å². The highest BCUT2D eigenvalue weighted by molar-refractivity contribution is 8.16. The lowest BCUT2D eigenvalue weighted by molar-refractivity contribution is -0.163. The van der Waals surface area contributed by atoms with Crippen LogP contribution in [0.25, 0.3) is 0 Å². The molecule has 3 aliphatic heterocycles. The quantitative estimate of drug-likeness (QED) is 0.562. The molecule has 4 atom stereocenters. The van der Waals surface area contributed by atoms with Crippen molar-refractivity contribution in [3.8, 4) is 17.6 Å². The van der Waals surface area contributed by atoms with E-state index in [-0.39, 0.29) is 13.2 Å². The molecule has 3 heterocycles. The molecule has 2 saturated heterocycles. The molecule has 13 heteroatoms. The fraction of sp³-hybridized carbons (Fsp3) is 0.542. The fourth-order valence-electron chi connectivity index (χ4n) is 4.89. The van der Waals surface area contributed by atoms with Crippen LogP contribution in [-0.2, 0) is 9.59 Å². The summed E-state index contributed by atoms with van der Waals surface area (Å²) in [4.78, 5) is 56.4. The number of carbonyl (C=O) groups excluding carboxylic acids is 4. The molecule has 0 saturated carbocycles. The van der Waals surface area contributed by atoms with Gasteiger partial charge in [0.2, 0.25) is 6.79 Å². The molecular weight excluding hydrogens is 518 g/mol. The van der Waals surface area contributed by atoms with E-state index in [1.807, 2.05) is 0 Å². The Morgan fingerprint density at radius 3 is 2.22 bits per heavy atom. The number of hydrogen-bond donors (Lipinski definition) is 0. The number of carbonyl (C=O) groups is 4. The Hall–Kier alpha value is -3.11. The summed E-state index contributed by atoms with van der Waals surface area (Å²) >= 11 is 1.44. The molecule has 0 aliphatic carbocycles. The van der Waals surface area contributed by atoms with Crippen molar-refractivity contribution in [3.05, 3.63) is 23.8 Å². The number of fused-ring (bicyclic) bond motifs is 2. The molecule has 2 unspecified atom stereocenters. The van der Waals surface area contributed by atoms with Gasteiger partial charge in [-0.15, -0.1) is 0 Å². The number of nitriles is 1. The highest BCUT2D eigenvalue weighted by Crippen LogP contribution is 2.62. The maximum Gasteiger partial charge on any atom is 0.283 e. The first-order valence-electron chi connectivity index (χ1n) is 11.5. The van der Waals surface area contributed by atoms with Gasteiger partial charge in [0.05, 0.1) is 17.5 Å². The van der Waals surface area contributed by atoms with E-state index >= 15 is 0 Å².